The minimum Gasteiger partial charge on any atom is -0.493 e. The second-order valence-electron chi connectivity index (χ2n) is 11.0. The fourth-order valence-corrected chi connectivity index (χ4v) is 5.47. The van der Waals surface area contributed by atoms with Gasteiger partial charge in [0.15, 0.2) is 28.9 Å². The highest BCUT2D eigenvalue weighted by Gasteiger charge is 2.35. The molecule has 3 aliphatic rings. The summed E-state index contributed by atoms with van der Waals surface area (Å²) in [5.41, 5.74) is 1.32. The van der Waals surface area contributed by atoms with Gasteiger partial charge in [-0.1, -0.05) is 18.2 Å². The molecule has 3 aromatic carbocycles. The Kier molecular flexibility index (Phi) is 9.82. The molecule has 3 aliphatic heterocycles. The van der Waals surface area contributed by atoms with E-state index in [0.717, 1.165) is 30.4 Å². The molecule has 0 unspecified atom stereocenters. The van der Waals surface area contributed by atoms with Gasteiger partial charge in [-0.2, -0.15) is 0 Å². The van der Waals surface area contributed by atoms with Crippen molar-refractivity contribution in [3.05, 3.63) is 82.9 Å². The second kappa shape index (κ2) is 13.9. The van der Waals surface area contributed by atoms with Crippen LogP contribution in [0.1, 0.15) is 34.3 Å². The molecule has 1 fully saturated rings. The summed E-state index contributed by atoms with van der Waals surface area (Å²) in [7, 11) is 4.23. The van der Waals surface area contributed by atoms with Gasteiger partial charge in [-0.05, 0) is 60.4 Å². The quantitative estimate of drug-likeness (QED) is 0.469. The van der Waals surface area contributed by atoms with Crippen molar-refractivity contribution in [3.63, 3.8) is 0 Å². The zero-order chi connectivity index (χ0) is 32.1. The molecule has 3 aromatic rings. The van der Waals surface area contributed by atoms with Crippen molar-refractivity contribution < 1.29 is 42.1 Å². The summed E-state index contributed by atoms with van der Waals surface area (Å²) in [5.74, 6) is -2.32. The number of carbonyl (C=O) groups excluding carboxylic acids is 3. The van der Waals surface area contributed by atoms with E-state index in [0.29, 0.717) is 30.1 Å². The molecule has 2 atom stereocenters. The molecule has 0 aliphatic carbocycles. The van der Waals surface area contributed by atoms with Crippen LogP contribution in [0.4, 0.5) is 8.78 Å². The zero-order valence-electron chi connectivity index (χ0n) is 25.3. The molecule has 45 heavy (non-hydrogen) atoms. The number of rotatable bonds is 3. The van der Waals surface area contributed by atoms with Crippen molar-refractivity contribution in [2.75, 3.05) is 40.9 Å². The van der Waals surface area contributed by atoms with Crippen LogP contribution in [0, 0.1) is 11.6 Å². The molecule has 0 spiro atoms. The van der Waals surface area contributed by atoms with Gasteiger partial charge in [0.2, 0.25) is 11.8 Å². The molecule has 0 radical (unpaired) electrons. The summed E-state index contributed by atoms with van der Waals surface area (Å²) in [4.78, 5) is 42.1. The van der Waals surface area contributed by atoms with Crippen LogP contribution in [0.25, 0.3) is 0 Å². The molecule has 0 aromatic heterocycles. The Balaban J connectivity index is 1.41. The minimum absolute atomic E-state index is 0.0250. The maximum Gasteiger partial charge on any atom is 0.257 e. The second-order valence-corrected chi connectivity index (χ2v) is 11.0. The zero-order valence-corrected chi connectivity index (χ0v) is 25.3. The highest BCUT2D eigenvalue weighted by molar-refractivity contribution is 5.95. The molecular formula is C33H35F2N3O7. The smallest absolute Gasteiger partial charge is 0.257 e. The molecule has 12 heteroatoms. The lowest BCUT2D eigenvalue weighted by molar-refractivity contribution is -0.135. The predicted molar refractivity (Wildman–Crippen MR) is 159 cm³/mol. The lowest BCUT2D eigenvalue weighted by Crippen LogP contribution is -2.57. The van der Waals surface area contributed by atoms with Crippen LogP contribution in [0.3, 0.4) is 0 Å². The topological polar surface area (TPSA) is 107 Å². The number of carbonyl (C=O) groups is 3. The fourth-order valence-electron chi connectivity index (χ4n) is 5.47. The Morgan fingerprint density at radius 1 is 1.00 bits per heavy atom. The highest BCUT2D eigenvalue weighted by atomic mass is 19.1. The number of amides is 3. The molecule has 3 amide bonds. The molecule has 3 heterocycles. The van der Waals surface area contributed by atoms with Gasteiger partial charge in [0.05, 0.1) is 45.1 Å². The standard InChI is InChI=1S/C33H35F2N3O7/c1-37-18-29(39)36-25-13-14-38(33(41)23-9-10-24(34)32(43-3)31(23)35)17-28(25)44-19-21-5-4-6-22(15-21)45-26-11-7-20(8-12-30(37)40)16-27(26)42-2/h4-7,9-11,15-16,25,28H,8,12-14,17-19H2,1-3H3,(H,36,39)/t25-,28-/m0/s1. The fraction of sp³-hybridized carbons (Fsp3) is 0.364. The Morgan fingerprint density at radius 3 is 2.60 bits per heavy atom. The van der Waals surface area contributed by atoms with Gasteiger partial charge in [0.1, 0.15) is 5.75 Å². The van der Waals surface area contributed by atoms with E-state index in [4.69, 9.17) is 18.9 Å². The summed E-state index contributed by atoms with van der Waals surface area (Å²) in [6.07, 6.45) is 0.250. The van der Waals surface area contributed by atoms with E-state index in [-0.39, 0.29) is 50.0 Å². The maximum atomic E-state index is 15.0. The molecular weight excluding hydrogens is 588 g/mol. The van der Waals surface area contributed by atoms with E-state index < -0.39 is 35.4 Å². The number of methoxy groups -OCH3 is 2. The molecule has 1 saturated heterocycles. The Hall–Kier alpha value is -4.71. The van der Waals surface area contributed by atoms with Crippen molar-refractivity contribution in [2.45, 2.75) is 38.0 Å². The van der Waals surface area contributed by atoms with E-state index in [9.17, 15) is 23.2 Å². The first-order valence-electron chi connectivity index (χ1n) is 14.6. The molecule has 1 N–H and O–H groups in total. The first kappa shape index (κ1) is 31.7. The monoisotopic (exact) mass is 623 g/mol. The van der Waals surface area contributed by atoms with Gasteiger partial charge in [-0.3, -0.25) is 14.4 Å². The number of halogens is 2. The molecule has 4 bridgehead atoms. The van der Waals surface area contributed by atoms with Crippen molar-refractivity contribution in [1.29, 1.82) is 0 Å². The first-order valence-corrected chi connectivity index (χ1v) is 14.6. The largest absolute Gasteiger partial charge is 0.493 e. The average molecular weight is 624 g/mol. The van der Waals surface area contributed by atoms with Crippen LogP contribution in [0.15, 0.2) is 54.6 Å². The number of aryl methyl sites for hydroxylation is 1. The molecule has 0 saturated carbocycles. The third-order valence-corrected chi connectivity index (χ3v) is 7.93. The van der Waals surface area contributed by atoms with Crippen molar-refractivity contribution in [1.82, 2.24) is 15.1 Å². The molecule has 10 nitrogen and oxygen atoms in total. The number of hydrogen-bond donors (Lipinski definition) is 1. The number of hydrogen-bond acceptors (Lipinski definition) is 7. The van der Waals surface area contributed by atoms with E-state index >= 15 is 0 Å². The van der Waals surface area contributed by atoms with Gasteiger partial charge in [-0.25, -0.2) is 8.78 Å². The number of fused-ring (bicyclic) bond motifs is 9. The number of ether oxygens (including phenoxy) is 4. The van der Waals surface area contributed by atoms with Gasteiger partial charge >= 0.3 is 0 Å². The SMILES string of the molecule is COc1cc2ccc1Oc1cccc(c1)CO[C@H]1CN(C(=O)c3ccc(F)c(OC)c3F)CC[C@@H]1NC(=O)CN(C)C(=O)CC2. The molecule has 238 valence electrons. The Morgan fingerprint density at radius 2 is 1.82 bits per heavy atom. The highest BCUT2D eigenvalue weighted by Crippen LogP contribution is 2.33. The van der Waals surface area contributed by atoms with Crippen LogP contribution in [-0.2, 0) is 27.4 Å². The maximum absolute atomic E-state index is 15.0. The van der Waals surface area contributed by atoms with E-state index in [1.54, 1.807) is 26.3 Å². The molecule has 6 rings (SSSR count). The number of nitrogens with one attached hydrogen (secondary N) is 1. The summed E-state index contributed by atoms with van der Waals surface area (Å²) in [6.45, 7) is 0.157. The van der Waals surface area contributed by atoms with E-state index in [1.165, 1.54) is 9.80 Å². The van der Waals surface area contributed by atoms with Crippen LogP contribution in [-0.4, -0.2) is 80.6 Å². The third-order valence-electron chi connectivity index (χ3n) is 7.93. The number of nitrogens with zero attached hydrogens (tertiary/aromatic N) is 2. The summed E-state index contributed by atoms with van der Waals surface area (Å²) in [6, 6.07) is 14.3. The van der Waals surface area contributed by atoms with Gasteiger partial charge < -0.3 is 34.1 Å². The minimum atomic E-state index is -1.09. The van der Waals surface area contributed by atoms with Crippen LogP contribution < -0.4 is 19.5 Å². The average Bonchev–Trinajstić information content (AvgIpc) is 3.03. The number of likely N-dealkylation sites (N-methyl/N-ethyl adjacent to an activating group) is 1. The lowest BCUT2D eigenvalue weighted by Gasteiger charge is -2.39. The van der Waals surface area contributed by atoms with Crippen molar-refractivity contribution in [2.24, 2.45) is 0 Å². The first-order chi connectivity index (χ1) is 21.7. The van der Waals surface area contributed by atoms with Crippen molar-refractivity contribution >= 4 is 17.7 Å². The van der Waals surface area contributed by atoms with Crippen LogP contribution in [0.5, 0.6) is 23.0 Å². The summed E-state index contributed by atoms with van der Waals surface area (Å²) < 4.78 is 51.7. The van der Waals surface area contributed by atoms with Gasteiger partial charge in [-0.15, -0.1) is 0 Å². The van der Waals surface area contributed by atoms with Crippen LogP contribution >= 0.6 is 0 Å². The number of piperidine rings is 1. The lowest BCUT2D eigenvalue weighted by atomic mass is 10.00. The normalized spacial score (nSPS) is 19.4. The van der Waals surface area contributed by atoms with Gasteiger partial charge in [0, 0.05) is 26.6 Å². The third kappa shape index (κ3) is 7.34. The van der Waals surface area contributed by atoms with Crippen molar-refractivity contribution in [3.8, 4) is 23.0 Å². The van der Waals surface area contributed by atoms with E-state index in [2.05, 4.69) is 5.32 Å². The summed E-state index contributed by atoms with van der Waals surface area (Å²) in [5, 5.41) is 2.96. The predicted octanol–water partition coefficient (Wildman–Crippen LogP) is 4.10. The number of benzene rings is 3. The Labute approximate surface area is 259 Å². The summed E-state index contributed by atoms with van der Waals surface area (Å²) >= 11 is 0. The van der Waals surface area contributed by atoms with E-state index in [1.807, 2.05) is 30.3 Å². The van der Waals surface area contributed by atoms with Gasteiger partial charge in [0.25, 0.3) is 5.91 Å². The Bertz CT molecular complexity index is 1580. The van der Waals surface area contributed by atoms with Crippen LogP contribution in [0.2, 0.25) is 0 Å². The number of likely N-dealkylation sites (tertiary alicyclic amines) is 1.